The Kier molecular flexibility index (Phi) is 5.41. The number of hydrogen-bond acceptors (Lipinski definition) is 4. The standard InChI is InChI=1S/C18H17F3N4OS/c1-11-3-5-14(12(2)7-11)27-10-17(26)22-8-16-24-23-15-6-4-13(9-25(15)16)18(19,20)21/h3-7,9H,8,10H2,1-2H3,(H,22,26). The fourth-order valence-electron chi connectivity index (χ4n) is 2.56. The summed E-state index contributed by atoms with van der Waals surface area (Å²) in [5, 5.41) is 10.4. The Morgan fingerprint density at radius 2 is 1.96 bits per heavy atom. The molecule has 3 rings (SSSR count). The molecule has 1 amide bonds. The van der Waals surface area contributed by atoms with E-state index in [1.807, 2.05) is 32.0 Å². The SMILES string of the molecule is Cc1ccc(SCC(=O)NCc2nnc3ccc(C(F)(F)F)cn23)c(C)c1. The number of thioether (sulfide) groups is 1. The van der Waals surface area contributed by atoms with Crippen molar-refractivity contribution in [2.45, 2.75) is 31.5 Å². The second-order valence-corrected chi connectivity index (χ2v) is 7.11. The Balaban J connectivity index is 1.63. The first kappa shape index (κ1) is 19.2. The molecule has 0 saturated heterocycles. The number of halogens is 3. The Hall–Kier alpha value is -2.55. The van der Waals surface area contributed by atoms with Crippen LogP contribution in [0.2, 0.25) is 0 Å². The molecule has 1 N–H and O–H groups in total. The van der Waals surface area contributed by atoms with Gasteiger partial charge in [-0.3, -0.25) is 9.20 Å². The average molecular weight is 394 g/mol. The number of aromatic nitrogens is 3. The molecule has 3 aromatic rings. The van der Waals surface area contributed by atoms with Gasteiger partial charge in [0, 0.05) is 11.1 Å². The lowest BCUT2D eigenvalue weighted by Crippen LogP contribution is -2.25. The second kappa shape index (κ2) is 7.59. The molecule has 0 aliphatic carbocycles. The van der Waals surface area contributed by atoms with Gasteiger partial charge in [0.25, 0.3) is 0 Å². The summed E-state index contributed by atoms with van der Waals surface area (Å²) in [4.78, 5) is 13.1. The predicted molar refractivity (Wildman–Crippen MR) is 96.5 cm³/mol. The van der Waals surface area contributed by atoms with E-state index in [1.54, 1.807) is 0 Å². The van der Waals surface area contributed by atoms with Gasteiger partial charge in [0.05, 0.1) is 17.9 Å². The normalized spacial score (nSPS) is 11.7. The number of aryl methyl sites for hydroxylation is 2. The van der Waals surface area contributed by atoms with Gasteiger partial charge in [-0.05, 0) is 37.6 Å². The van der Waals surface area contributed by atoms with Crippen molar-refractivity contribution < 1.29 is 18.0 Å². The van der Waals surface area contributed by atoms with E-state index in [0.29, 0.717) is 0 Å². The summed E-state index contributed by atoms with van der Waals surface area (Å²) in [6.45, 7) is 3.98. The van der Waals surface area contributed by atoms with Crippen LogP contribution in [-0.2, 0) is 17.5 Å². The molecular weight excluding hydrogens is 377 g/mol. The van der Waals surface area contributed by atoms with Crippen molar-refractivity contribution in [3.63, 3.8) is 0 Å². The molecule has 0 aliphatic heterocycles. The molecule has 0 saturated carbocycles. The molecule has 27 heavy (non-hydrogen) atoms. The maximum Gasteiger partial charge on any atom is 0.417 e. The number of hydrogen-bond donors (Lipinski definition) is 1. The van der Waals surface area contributed by atoms with Crippen molar-refractivity contribution in [2.75, 3.05) is 5.75 Å². The Bertz CT molecular complexity index is 984. The van der Waals surface area contributed by atoms with Crippen LogP contribution in [0.5, 0.6) is 0 Å². The highest BCUT2D eigenvalue weighted by Crippen LogP contribution is 2.29. The molecule has 0 fully saturated rings. The lowest BCUT2D eigenvalue weighted by Gasteiger charge is -2.09. The van der Waals surface area contributed by atoms with Gasteiger partial charge in [0.1, 0.15) is 0 Å². The number of nitrogens with zero attached hydrogens (tertiary/aromatic N) is 3. The number of alkyl halides is 3. The molecule has 5 nitrogen and oxygen atoms in total. The van der Waals surface area contributed by atoms with Gasteiger partial charge < -0.3 is 5.32 Å². The minimum Gasteiger partial charge on any atom is -0.348 e. The zero-order valence-corrected chi connectivity index (χ0v) is 15.5. The quantitative estimate of drug-likeness (QED) is 0.670. The lowest BCUT2D eigenvalue weighted by atomic mass is 10.2. The van der Waals surface area contributed by atoms with Crippen LogP contribution in [-0.4, -0.2) is 26.3 Å². The van der Waals surface area contributed by atoms with Crippen LogP contribution in [0.3, 0.4) is 0 Å². The van der Waals surface area contributed by atoms with Gasteiger partial charge in [-0.25, -0.2) is 0 Å². The van der Waals surface area contributed by atoms with E-state index in [4.69, 9.17) is 0 Å². The van der Waals surface area contributed by atoms with E-state index in [-0.39, 0.29) is 29.7 Å². The first-order valence-electron chi connectivity index (χ1n) is 8.11. The summed E-state index contributed by atoms with van der Waals surface area (Å²) in [6.07, 6.45) is -3.53. The first-order chi connectivity index (χ1) is 12.7. The van der Waals surface area contributed by atoms with Gasteiger partial charge in [0.15, 0.2) is 11.5 Å². The minimum atomic E-state index is -4.46. The number of nitrogens with one attached hydrogen (secondary N) is 1. The average Bonchev–Trinajstić information content (AvgIpc) is 3.00. The molecule has 0 radical (unpaired) electrons. The molecule has 9 heteroatoms. The van der Waals surface area contributed by atoms with Crippen LogP contribution in [0, 0.1) is 13.8 Å². The molecule has 0 atom stereocenters. The third kappa shape index (κ3) is 4.60. The van der Waals surface area contributed by atoms with E-state index in [0.717, 1.165) is 28.3 Å². The molecule has 1 aromatic carbocycles. The highest BCUT2D eigenvalue weighted by molar-refractivity contribution is 8.00. The predicted octanol–water partition coefficient (Wildman–Crippen LogP) is 3.77. The Morgan fingerprint density at radius 3 is 2.67 bits per heavy atom. The van der Waals surface area contributed by atoms with E-state index >= 15 is 0 Å². The number of fused-ring (bicyclic) bond motifs is 1. The maximum atomic E-state index is 12.9. The van der Waals surface area contributed by atoms with Crippen LogP contribution < -0.4 is 5.32 Å². The van der Waals surface area contributed by atoms with Gasteiger partial charge in [-0.1, -0.05) is 17.7 Å². The van der Waals surface area contributed by atoms with Crippen molar-refractivity contribution in [1.29, 1.82) is 0 Å². The third-order valence-electron chi connectivity index (χ3n) is 3.93. The third-order valence-corrected chi connectivity index (χ3v) is 5.11. The van der Waals surface area contributed by atoms with Crippen molar-refractivity contribution >= 4 is 23.3 Å². The van der Waals surface area contributed by atoms with Gasteiger partial charge >= 0.3 is 6.18 Å². The van der Waals surface area contributed by atoms with Crippen LogP contribution in [0.25, 0.3) is 5.65 Å². The van der Waals surface area contributed by atoms with Gasteiger partial charge in [-0.15, -0.1) is 22.0 Å². The van der Waals surface area contributed by atoms with Crippen molar-refractivity contribution in [1.82, 2.24) is 19.9 Å². The summed E-state index contributed by atoms with van der Waals surface area (Å²) in [5.74, 6) is 0.207. The fraction of sp³-hybridized carbons (Fsp3) is 0.278. The number of carbonyl (C=O) groups is 1. The van der Waals surface area contributed by atoms with Crippen LogP contribution >= 0.6 is 11.8 Å². The van der Waals surface area contributed by atoms with Crippen molar-refractivity contribution in [3.05, 3.63) is 59.0 Å². The Labute approximate surface area is 158 Å². The molecule has 2 aromatic heterocycles. The number of benzene rings is 1. The van der Waals surface area contributed by atoms with E-state index in [2.05, 4.69) is 15.5 Å². The minimum absolute atomic E-state index is 0.00521. The molecular formula is C18H17F3N4OS. The monoisotopic (exact) mass is 394 g/mol. The smallest absolute Gasteiger partial charge is 0.348 e. The van der Waals surface area contributed by atoms with Crippen LogP contribution in [0.15, 0.2) is 41.4 Å². The summed E-state index contributed by atoms with van der Waals surface area (Å²) in [6, 6.07) is 8.19. The summed E-state index contributed by atoms with van der Waals surface area (Å²) >= 11 is 1.41. The largest absolute Gasteiger partial charge is 0.417 e. The first-order valence-corrected chi connectivity index (χ1v) is 9.10. The topological polar surface area (TPSA) is 59.3 Å². The highest BCUT2D eigenvalue weighted by Gasteiger charge is 2.31. The lowest BCUT2D eigenvalue weighted by molar-refractivity contribution is -0.137. The van der Waals surface area contributed by atoms with Crippen LogP contribution in [0.4, 0.5) is 13.2 Å². The summed E-state index contributed by atoms with van der Waals surface area (Å²) in [5.41, 5.74) is 1.74. The second-order valence-electron chi connectivity index (χ2n) is 6.09. The summed E-state index contributed by atoms with van der Waals surface area (Å²) in [7, 11) is 0. The zero-order valence-electron chi connectivity index (χ0n) is 14.7. The summed E-state index contributed by atoms with van der Waals surface area (Å²) < 4.78 is 39.8. The highest BCUT2D eigenvalue weighted by atomic mass is 32.2. The number of pyridine rings is 1. The zero-order chi connectivity index (χ0) is 19.6. The van der Waals surface area contributed by atoms with E-state index < -0.39 is 11.7 Å². The van der Waals surface area contributed by atoms with E-state index in [9.17, 15) is 18.0 Å². The Morgan fingerprint density at radius 1 is 1.19 bits per heavy atom. The van der Waals surface area contributed by atoms with Crippen molar-refractivity contribution in [3.8, 4) is 0 Å². The number of carbonyl (C=O) groups excluding carboxylic acids is 1. The number of rotatable bonds is 5. The fourth-order valence-corrected chi connectivity index (χ4v) is 3.40. The molecule has 2 heterocycles. The molecule has 142 valence electrons. The van der Waals surface area contributed by atoms with E-state index in [1.165, 1.54) is 22.2 Å². The number of amides is 1. The molecule has 0 spiro atoms. The van der Waals surface area contributed by atoms with Gasteiger partial charge in [0.2, 0.25) is 5.91 Å². The van der Waals surface area contributed by atoms with Crippen LogP contribution in [0.1, 0.15) is 22.5 Å². The maximum absolute atomic E-state index is 12.9. The molecule has 0 bridgehead atoms. The molecule has 0 unspecified atom stereocenters. The van der Waals surface area contributed by atoms with Crippen molar-refractivity contribution in [2.24, 2.45) is 0 Å². The van der Waals surface area contributed by atoms with Gasteiger partial charge in [-0.2, -0.15) is 13.2 Å². The molecule has 0 aliphatic rings.